The molecule has 0 bridgehead atoms. The number of halogens is 1. The number of benzodiazepines with no additional fused rings is 1. The van der Waals surface area contributed by atoms with Crippen molar-refractivity contribution >= 4 is 39.9 Å². The van der Waals surface area contributed by atoms with Crippen LogP contribution in [-0.4, -0.2) is 27.6 Å². The van der Waals surface area contributed by atoms with E-state index in [2.05, 4.69) is 48.2 Å². The molecular weight excluding hydrogens is 448 g/mol. The maximum absolute atomic E-state index is 13.3. The highest BCUT2D eigenvalue weighted by atomic mass is 35.5. The molecule has 1 aliphatic rings. The van der Waals surface area contributed by atoms with E-state index in [0.29, 0.717) is 33.9 Å². The van der Waals surface area contributed by atoms with Crippen LogP contribution in [-0.2, 0) is 16.6 Å². The first kappa shape index (κ1) is 22.2. The zero-order valence-corrected chi connectivity index (χ0v) is 20.0. The molecule has 7 heteroatoms. The third-order valence-electron chi connectivity index (χ3n) is 6.11. The molecule has 1 amide bonds. The number of rotatable bonds is 3. The van der Waals surface area contributed by atoms with E-state index in [1.54, 1.807) is 12.1 Å². The van der Waals surface area contributed by atoms with Crippen molar-refractivity contribution in [3.63, 3.8) is 0 Å². The first-order chi connectivity index (χ1) is 16.2. The fraction of sp³-hybridized carbons (Fsp3) is 0.222. The van der Waals surface area contributed by atoms with Gasteiger partial charge in [-0.15, -0.1) is 0 Å². The van der Waals surface area contributed by atoms with Crippen LogP contribution in [0.1, 0.15) is 43.0 Å². The molecule has 1 atom stereocenters. The Labute approximate surface area is 202 Å². The van der Waals surface area contributed by atoms with Crippen LogP contribution in [0.4, 0.5) is 5.69 Å². The maximum Gasteiger partial charge on any atom is 0.323 e. The fourth-order valence-corrected chi connectivity index (χ4v) is 4.68. The average molecular weight is 473 g/mol. The van der Waals surface area contributed by atoms with Crippen molar-refractivity contribution in [2.45, 2.75) is 38.6 Å². The van der Waals surface area contributed by atoms with Gasteiger partial charge in [-0.1, -0.05) is 62.7 Å². The quantitative estimate of drug-likeness (QED) is 0.382. The fourth-order valence-electron chi connectivity index (χ4n) is 4.51. The highest BCUT2D eigenvalue weighted by Crippen LogP contribution is 2.31. The van der Waals surface area contributed by atoms with Crippen LogP contribution in [0.3, 0.4) is 0 Å². The molecule has 5 rings (SSSR count). The van der Waals surface area contributed by atoms with Crippen LogP contribution in [0.5, 0.6) is 0 Å². The van der Waals surface area contributed by atoms with Crippen molar-refractivity contribution in [3.05, 3.63) is 98.4 Å². The molecule has 1 unspecified atom stereocenters. The second kappa shape index (κ2) is 8.29. The molecule has 34 heavy (non-hydrogen) atoms. The number of aromatic nitrogens is 2. The Morgan fingerprint density at radius 1 is 0.941 bits per heavy atom. The second-order valence-corrected chi connectivity index (χ2v) is 10.1. The number of nitrogens with one attached hydrogen (secondary N) is 3. The van der Waals surface area contributed by atoms with E-state index >= 15 is 0 Å². The summed E-state index contributed by atoms with van der Waals surface area (Å²) in [5, 5.41) is 3.59. The number of carbonyl (C=O) groups excluding carboxylic acids is 1. The SMILES string of the molecule is CC(C)(C)c1ccccc1CC1N=C(c2ccc3[nH]c(=O)[nH]c3c2)c2cc(Cl)ccc2NC1=O. The molecule has 3 aromatic carbocycles. The predicted octanol–water partition coefficient (Wildman–Crippen LogP) is 5.21. The van der Waals surface area contributed by atoms with Crippen molar-refractivity contribution in [1.29, 1.82) is 0 Å². The van der Waals surface area contributed by atoms with E-state index in [1.807, 2.05) is 36.4 Å². The molecule has 3 N–H and O–H groups in total. The zero-order chi connectivity index (χ0) is 24.0. The van der Waals surface area contributed by atoms with Gasteiger partial charge in [-0.2, -0.15) is 0 Å². The molecule has 4 aromatic rings. The van der Waals surface area contributed by atoms with Crippen LogP contribution in [0, 0.1) is 0 Å². The van der Waals surface area contributed by atoms with Gasteiger partial charge in [0.2, 0.25) is 5.91 Å². The van der Waals surface area contributed by atoms with E-state index in [1.165, 1.54) is 5.56 Å². The lowest BCUT2D eigenvalue weighted by Crippen LogP contribution is -2.29. The number of nitrogens with zero attached hydrogens (tertiary/aromatic N) is 1. The molecule has 172 valence electrons. The summed E-state index contributed by atoms with van der Waals surface area (Å²) in [5.74, 6) is -0.168. The van der Waals surface area contributed by atoms with Gasteiger partial charge < -0.3 is 15.3 Å². The molecule has 6 nitrogen and oxygen atoms in total. The molecule has 0 saturated heterocycles. The molecule has 1 aromatic heterocycles. The van der Waals surface area contributed by atoms with Crippen molar-refractivity contribution in [3.8, 4) is 0 Å². The summed E-state index contributed by atoms with van der Waals surface area (Å²) >= 11 is 6.33. The topological polar surface area (TPSA) is 90.1 Å². The molecule has 0 saturated carbocycles. The number of benzene rings is 3. The number of H-pyrrole nitrogens is 2. The molecule has 1 aliphatic heterocycles. The van der Waals surface area contributed by atoms with Crippen LogP contribution in [0.2, 0.25) is 5.02 Å². The Bertz CT molecular complexity index is 1510. The number of hydrogen-bond donors (Lipinski definition) is 3. The van der Waals surface area contributed by atoms with Crippen LogP contribution in [0.15, 0.2) is 70.5 Å². The van der Waals surface area contributed by atoms with Crippen molar-refractivity contribution < 1.29 is 4.79 Å². The Hall–Kier alpha value is -3.64. The van der Waals surface area contributed by atoms with Gasteiger partial charge in [0.05, 0.1) is 22.4 Å². The van der Waals surface area contributed by atoms with Crippen LogP contribution < -0.4 is 11.0 Å². The van der Waals surface area contributed by atoms with E-state index in [9.17, 15) is 9.59 Å². The third kappa shape index (κ3) is 4.17. The van der Waals surface area contributed by atoms with Gasteiger partial charge in [0.15, 0.2) is 0 Å². The second-order valence-electron chi connectivity index (χ2n) is 9.62. The smallest absolute Gasteiger partial charge is 0.323 e. The maximum atomic E-state index is 13.3. The van der Waals surface area contributed by atoms with E-state index in [-0.39, 0.29) is 17.0 Å². The number of hydrogen-bond acceptors (Lipinski definition) is 3. The normalized spacial score (nSPS) is 16.1. The minimum atomic E-state index is -0.634. The summed E-state index contributed by atoms with van der Waals surface area (Å²) in [6.45, 7) is 6.50. The number of aromatic amines is 2. The molecule has 0 radical (unpaired) electrons. The summed E-state index contributed by atoms with van der Waals surface area (Å²) in [5.41, 5.74) is 6.16. The lowest BCUT2D eigenvalue weighted by molar-refractivity contribution is -0.117. The Balaban J connectivity index is 1.66. The summed E-state index contributed by atoms with van der Waals surface area (Å²) in [6, 6.07) is 18.5. The number of imidazole rings is 1. The number of carbonyl (C=O) groups is 1. The van der Waals surface area contributed by atoms with E-state index in [4.69, 9.17) is 16.6 Å². The summed E-state index contributed by atoms with van der Waals surface area (Å²) in [6.07, 6.45) is 0.466. The molecule has 0 spiro atoms. The van der Waals surface area contributed by atoms with Gasteiger partial charge in [0.25, 0.3) is 0 Å². The Kier molecular flexibility index (Phi) is 5.41. The minimum Gasteiger partial charge on any atom is -0.324 e. The van der Waals surface area contributed by atoms with Gasteiger partial charge in [0, 0.05) is 22.6 Å². The van der Waals surface area contributed by atoms with Crippen molar-refractivity contribution in [1.82, 2.24) is 9.97 Å². The standard InChI is InChI=1S/C27H25ClN4O2/c1-27(2,3)19-7-5-4-6-15(19)12-23-25(33)30-20-11-9-17(28)14-18(20)24(29-23)16-8-10-21-22(13-16)32-26(34)31-21/h4-11,13-14,23H,12H2,1-3H3,(H,30,33)(H2,31,32,34). The first-order valence-electron chi connectivity index (χ1n) is 11.2. The zero-order valence-electron chi connectivity index (χ0n) is 19.2. The third-order valence-corrected chi connectivity index (χ3v) is 6.35. The Morgan fingerprint density at radius 2 is 1.71 bits per heavy atom. The van der Waals surface area contributed by atoms with Crippen LogP contribution in [0.25, 0.3) is 11.0 Å². The van der Waals surface area contributed by atoms with E-state index < -0.39 is 6.04 Å². The Morgan fingerprint density at radius 3 is 2.50 bits per heavy atom. The number of fused-ring (bicyclic) bond motifs is 2. The number of amides is 1. The average Bonchev–Trinajstić information content (AvgIpc) is 3.10. The predicted molar refractivity (Wildman–Crippen MR) is 137 cm³/mol. The lowest BCUT2D eigenvalue weighted by atomic mass is 9.82. The summed E-state index contributed by atoms with van der Waals surface area (Å²) in [7, 11) is 0. The van der Waals surface area contributed by atoms with Gasteiger partial charge in [0.1, 0.15) is 6.04 Å². The largest absolute Gasteiger partial charge is 0.324 e. The molecule has 0 fully saturated rings. The minimum absolute atomic E-state index is 0.0635. The molecule has 2 heterocycles. The van der Waals surface area contributed by atoms with E-state index in [0.717, 1.165) is 16.7 Å². The van der Waals surface area contributed by atoms with Gasteiger partial charge in [-0.3, -0.25) is 9.79 Å². The lowest BCUT2D eigenvalue weighted by Gasteiger charge is -2.24. The van der Waals surface area contributed by atoms with Crippen LogP contribution >= 0.6 is 11.6 Å². The summed E-state index contributed by atoms with van der Waals surface area (Å²) in [4.78, 5) is 35.6. The monoisotopic (exact) mass is 472 g/mol. The number of anilines is 1. The van der Waals surface area contributed by atoms with Gasteiger partial charge in [-0.25, -0.2) is 4.79 Å². The van der Waals surface area contributed by atoms with Gasteiger partial charge >= 0.3 is 5.69 Å². The van der Waals surface area contributed by atoms with Crippen molar-refractivity contribution in [2.75, 3.05) is 5.32 Å². The highest BCUT2D eigenvalue weighted by Gasteiger charge is 2.28. The molecular formula is C27H25ClN4O2. The van der Waals surface area contributed by atoms with Crippen molar-refractivity contribution in [2.24, 2.45) is 4.99 Å². The van der Waals surface area contributed by atoms with Gasteiger partial charge in [-0.05, 0) is 46.9 Å². The molecule has 0 aliphatic carbocycles. The highest BCUT2D eigenvalue weighted by molar-refractivity contribution is 6.32. The first-order valence-corrected chi connectivity index (χ1v) is 11.6. The summed E-state index contributed by atoms with van der Waals surface area (Å²) < 4.78 is 0. The number of aliphatic imine (C=N–C) groups is 1.